The predicted molar refractivity (Wildman–Crippen MR) is 135 cm³/mol. The number of hydrogen-bond acceptors (Lipinski definition) is 6. The Labute approximate surface area is 208 Å². The Morgan fingerprint density at radius 2 is 1.67 bits per heavy atom. The maximum Gasteiger partial charge on any atom is 0.330 e. The van der Waals surface area contributed by atoms with Gasteiger partial charge in [0.15, 0.2) is 5.69 Å². The van der Waals surface area contributed by atoms with Crippen LogP contribution < -0.4 is 21.9 Å². The molecule has 0 saturated carbocycles. The van der Waals surface area contributed by atoms with Gasteiger partial charge >= 0.3 is 5.69 Å². The van der Waals surface area contributed by atoms with Gasteiger partial charge in [0.1, 0.15) is 12.4 Å². The molecule has 10 nitrogen and oxygen atoms in total. The van der Waals surface area contributed by atoms with Gasteiger partial charge in [-0.05, 0) is 30.7 Å². The van der Waals surface area contributed by atoms with Crippen molar-refractivity contribution in [3.8, 4) is 0 Å². The van der Waals surface area contributed by atoms with Gasteiger partial charge in [-0.1, -0.05) is 56.3 Å². The van der Waals surface area contributed by atoms with Crippen LogP contribution in [-0.2, 0) is 20.9 Å². The summed E-state index contributed by atoms with van der Waals surface area (Å²) >= 11 is 0. The normalized spacial score (nSPS) is 19.1. The number of rotatable bonds is 8. The second kappa shape index (κ2) is 10.3. The highest BCUT2D eigenvalue weighted by Crippen LogP contribution is 2.35. The van der Waals surface area contributed by atoms with Gasteiger partial charge in [-0.3, -0.25) is 33.6 Å². The van der Waals surface area contributed by atoms with E-state index in [1.165, 1.54) is 9.47 Å². The van der Waals surface area contributed by atoms with Crippen LogP contribution in [0.25, 0.3) is 0 Å². The van der Waals surface area contributed by atoms with Gasteiger partial charge in [-0.25, -0.2) is 4.79 Å². The van der Waals surface area contributed by atoms with Gasteiger partial charge in [0.2, 0.25) is 17.7 Å². The lowest BCUT2D eigenvalue weighted by Crippen LogP contribution is -2.47. The van der Waals surface area contributed by atoms with Gasteiger partial charge < -0.3 is 10.6 Å². The van der Waals surface area contributed by atoms with Crippen LogP contribution in [0.15, 0.2) is 52.1 Å². The molecule has 0 spiro atoms. The topological polar surface area (TPSA) is 139 Å². The number of anilines is 2. The number of imide groups is 1. The van der Waals surface area contributed by atoms with Crippen LogP contribution in [0.2, 0.25) is 0 Å². The molecule has 2 heterocycles. The molecule has 36 heavy (non-hydrogen) atoms. The van der Waals surface area contributed by atoms with E-state index in [0.29, 0.717) is 19.3 Å². The molecule has 2 aliphatic rings. The lowest BCUT2D eigenvalue weighted by molar-refractivity contribution is -0.143. The molecule has 3 amide bonds. The summed E-state index contributed by atoms with van der Waals surface area (Å²) < 4.78 is 1.20. The minimum atomic E-state index is -0.795. The summed E-state index contributed by atoms with van der Waals surface area (Å²) in [6.07, 6.45) is 5.23. The van der Waals surface area contributed by atoms with Crippen LogP contribution in [0.5, 0.6) is 0 Å². The number of H-pyrrole nitrogens is 1. The highest BCUT2D eigenvalue weighted by molar-refractivity contribution is 6.09. The molecule has 0 bridgehead atoms. The molecule has 1 fully saturated rings. The number of carbonyl (C=O) groups excluding carboxylic acids is 3. The van der Waals surface area contributed by atoms with Crippen molar-refractivity contribution in [2.75, 3.05) is 23.7 Å². The molecule has 190 valence electrons. The number of allylic oxidation sites excluding steroid dienone is 2. The van der Waals surface area contributed by atoms with E-state index in [0.717, 1.165) is 10.5 Å². The number of fused-ring (bicyclic) bond motifs is 1. The molecular formula is C26H31N5O5. The number of nitrogens with two attached hydrogens (primary N) is 1. The molecule has 1 aromatic heterocycles. The number of aromatic nitrogens is 2. The first-order valence-corrected chi connectivity index (χ1v) is 12.2. The summed E-state index contributed by atoms with van der Waals surface area (Å²) in [6, 6.07) is 9.11. The number of nitrogen functional groups attached to an aromatic ring is 1. The summed E-state index contributed by atoms with van der Waals surface area (Å²) in [5.41, 5.74) is 5.47. The van der Waals surface area contributed by atoms with E-state index in [-0.39, 0.29) is 42.3 Å². The van der Waals surface area contributed by atoms with Crippen molar-refractivity contribution < 1.29 is 14.4 Å². The number of aromatic amines is 1. The van der Waals surface area contributed by atoms with Crippen molar-refractivity contribution in [3.63, 3.8) is 0 Å². The van der Waals surface area contributed by atoms with Gasteiger partial charge in [-0.15, -0.1) is 0 Å². The largest absolute Gasteiger partial charge is 0.383 e. The molecule has 3 N–H and O–H groups in total. The fourth-order valence-corrected chi connectivity index (χ4v) is 4.76. The van der Waals surface area contributed by atoms with Gasteiger partial charge in [0.25, 0.3) is 5.56 Å². The molecule has 1 aliphatic heterocycles. The van der Waals surface area contributed by atoms with Crippen LogP contribution >= 0.6 is 0 Å². The first-order chi connectivity index (χ1) is 17.2. The summed E-state index contributed by atoms with van der Waals surface area (Å²) in [4.78, 5) is 69.4. The van der Waals surface area contributed by atoms with Crippen LogP contribution in [0, 0.1) is 17.8 Å². The summed E-state index contributed by atoms with van der Waals surface area (Å²) in [5.74, 6) is -2.22. The van der Waals surface area contributed by atoms with E-state index in [1.807, 2.05) is 56.3 Å². The molecule has 1 aromatic carbocycles. The Morgan fingerprint density at radius 1 is 1.06 bits per heavy atom. The van der Waals surface area contributed by atoms with E-state index < -0.39 is 35.5 Å². The summed E-state index contributed by atoms with van der Waals surface area (Å²) in [5, 5.41) is 0. The predicted octanol–water partition coefficient (Wildman–Crippen LogP) is 1.50. The lowest BCUT2D eigenvalue weighted by Gasteiger charge is -2.27. The van der Waals surface area contributed by atoms with Gasteiger partial charge in [-0.2, -0.15) is 0 Å². The van der Waals surface area contributed by atoms with Crippen LogP contribution in [0.1, 0.15) is 38.7 Å². The molecule has 4 rings (SSSR count). The zero-order chi connectivity index (χ0) is 26.0. The number of benzene rings is 1. The second-order valence-corrected chi connectivity index (χ2v) is 9.71. The Balaban J connectivity index is 1.68. The molecule has 2 aromatic rings. The Hall–Kier alpha value is -3.95. The first-order valence-electron chi connectivity index (χ1n) is 12.2. The van der Waals surface area contributed by atoms with E-state index in [9.17, 15) is 24.0 Å². The van der Waals surface area contributed by atoms with E-state index >= 15 is 0 Å². The first kappa shape index (κ1) is 25.2. The maximum atomic E-state index is 13.5. The van der Waals surface area contributed by atoms with Gasteiger partial charge in [0.05, 0.1) is 18.4 Å². The number of carbonyl (C=O) groups is 3. The minimum absolute atomic E-state index is 0.0982. The third-order valence-electron chi connectivity index (χ3n) is 6.79. The number of likely N-dealkylation sites (tertiary alicyclic amines) is 1. The fraction of sp³-hybridized carbons (Fsp3) is 0.423. The fourth-order valence-electron chi connectivity index (χ4n) is 4.76. The third-order valence-corrected chi connectivity index (χ3v) is 6.79. The van der Waals surface area contributed by atoms with E-state index in [4.69, 9.17) is 5.73 Å². The molecular weight excluding hydrogens is 462 g/mol. The average Bonchev–Trinajstić information content (AvgIpc) is 3.09. The zero-order valence-electron chi connectivity index (χ0n) is 20.5. The molecule has 10 heteroatoms. The van der Waals surface area contributed by atoms with Crippen molar-refractivity contribution in [2.45, 2.75) is 39.7 Å². The zero-order valence-corrected chi connectivity index (χ0v) is 20.5. The SMILES string of the molecule is CC(C)CCN(C(=O)CN1C(=O)C2CC=CCC2C1=O)c1c(N)n(Cc2ccccc2)c(=O)[nH]c1=O. The quantitative estimate of drug-likeness (QED) is 0.422. The Kier molecular flexibility index (Phi) is 7.23. The number of hydrogen-bond donors (Lipinski definition) is 2. The van der Waals surface area contributed by atoms with Crippen molar-refractivity contribution in [1.82, 2.24) is 14.5 Å². The summed E-state index contributed by atoms with van der Waals surface area (Å²) in [7, 11) is 0. The standard InChI is InChI=1S/C26H31N5O5/c1-16(2)12-13-29(20(32)15-31-24(34)18-10-6-7-11-19(18)25(31)35)21-22(27)30(26(36)28-23(21)33)14-17-8-4-3-5-9-17/h3-9,16,18-19H,10-15,27H2,1-2H3,(H,28,33,36). The van der Waals surface area contributed by atoms with Crippen molar-refractivity contribution >= 4 is 29.2 Å². The Bertz CT molecular complexity index is 1280. The van der Waals surface area contributed by atoms with E-state index in [2.05, 4.69) is 4.98 Å². The highest BCUT2D eigenvalue weighted by Gasteiger charge is 2.48. The molecule has 2 atom stereocenters. The van der Waals surface area contributed by atoms with Crippen molar-refractivity contribution in [2.24, 2.45) is 17.8 Å². The van der Waals surface area contributed by atoms with E-state index in [1.54, 1.807) is 0 Å². The smallest absolute Gasteiger partial charge is 0.330 e. The van der Waals surface area contributed by atoms with Crippen molar-refractivity contribution in [1.29, 1.82) is 0 Å². The number of nitrogens with one attached hydrogen (secondary N) is 1. The van der Waals surface area contributed by atoms with Crippen molar-refractivity contribution in [3.05, 3.63) is 68.9 Å². The summed E-state index contributed by atoms with van der Waals surface area (Å²) in [6.45, 7) is 3.69. The molecule has 1 aliphatic carbocycles. The minimum Gasteiger partial charge on any atom is -0.383 e. The highest BCUT2D eigenvalue weighted by atomic mass is 16.2. The van der Waals surface area contributed by atoms with Crippen LogP contribution in [0.4, 0.5) is 11.5 Å². The van der Waals surface area contributed by atoms with Gasteiger partial charge in [0, 0.05) is 6.54 Å². The number of amides is 3. The van der Waals surface area contributed by atoms with Crippen LogP contribution in [-0.4, -0.2) is 45.3 Å². The third kappa shape index (κ3) is 4.89. The molecule has 1 saturated heterocycles. The monoisotopic (exact) mass is 493 g/mol. The maximum absolute atomic E-state index is 13.5. The number of nitrogens with zero attached hydrogens (tertiary/aromatic N) is 3. The second-order valence-electron chi connectivity index (χ2n) is 9.71. The Morgan fingerprint density at radius 3 is 2.25 bits per heavy atom. The average molecular weight is 494 g/mol. The van der Waals surface area contributed by atoms with Crippen LogP contribution in [0.3, 0.4) is 0 Å². The molecule has 0 radical (unpaired) electrons. The molecule has 2 unspecified atom stereocenters. The lowest BCUT2D eigenvalue weighted by atomic mass is 9.85.